The van der Waals surface area contributed by atoms with E-state index >= 15 is 0 Å². The lowest BCUT2D eigenvalue weighted by Crippen LogP contribution is -2.07. The van der Waals surface area contributed by atoms with E-state index in [-0.39, 0.29) is 6.61 Å². The zero-order valence-corrected chi connectivity index (χ0v) is 13.8. The summed E-state index contributed by atoms with van der Waals surface area (Å²) in [6.07, 6.45) is 4.44. The number of aryl methyl sites for hydroxylation is 1. The van der Waals surface area contributed by atoms with Crippen LogP contribution in [-0.4, -0.2) is 32.6 Å². The van der Waals surface area contributed by atoms with Gasteiger partial charge in [0, 0.05) is 24.9 Å². The van der Waals surface area contributed by atoms with E-state index < -0.39 is 0 Å². The van der Waals surface area contributed by atoms with Crippen LogP contribution < -0.4 is 5.32 Å². The normalized spacial score (nSPS) is 11.0. The van der Waals surface area contributed by atoms with Crippen LogP contribution in [0.25, 0.3) is 16.9 Å². The van der Waals surface area contributed by atoms with E-state index in [9.17, 15) is 0 Å². The van der Waals surface area contributed by atoms with Gasteiger partial charge in [-0.3, -0.25) is 4.40 Å². The predicted molar refractivity (Wildman–Crippen MR) is 91.1 cm³/mol. The summed E-state index contributed by atoms with van der Waals surface area (Å²) in [5.74, 6) is 0.709. The van der Waals surface area contributed by atoms with Crippen LogP contribution in [0.4, 0.5) is 5.82 Å². The molecule has 0 saturated carbocycles. The molecule has 0 aliphatic heterocycles. The average Bonchev–Trinajstić information content (AvgIpc) is 2.92. The summed E-state index contributed by atoms with van der Waals surface area (Å²) in [4.78, 5) is 8.93. The van der Waals surface area contributed by atoms with Gasteiger partial charge in [0.05, 0.1) is 11.9 Å². The molecule has 0 saturated heterocycles. The number of nitrogens with zero attached hydrogens (tertiary/aromatic N) is 3. The van der Waals surface area contributed by atoms with Crippen molar-refractivity contribution >= 4 is 27.4 Å². The lowest BCUT2D eigenvalue weighted by molar-refractivity contribution is 0.292. The number of aromatic nitrogens is 3. The van der Waals surface area contributed by atoms with E-state index in [1.165, 1.54) is 5.56 Å². The van der Waals surface area contributed by atoms with Crippen molar-refractivity contribution in [2.45, 2.75) is 13.3 Å². The van der Waals surface area contributed by atoms with Crippen LogP contribution in [0.3, 0.4) is 0 Å². The minimum atomic E-state index is 0.153. The molecule has 0 radical (unpaired) electrons. The van der Waals surface area contributed by atoms with E-state index in [0.717, 1.165) is 21.5 Å². The first kappa shape index (κ1) is 15.0. The van der Waals surface area contributed by atoms with Gasteiger partial charge < -0.3 is 10.4 Å². The number of fused-ring (bicyclic) bond motifs is 1. The summed E-state index contributed by atoms with van der Waals surface area (Å²) < 4.78 is 2.75. The highest BCUT2D eigenvalue weighted by molar-refractivity contribution is 9.10. The number of anilines is 1. The molecule has 0 amide bonds. The minimum absolute atomic E-state index is 0.153. The van der Waals surface area contributed by atoms with E-state index in [1.54, 1.807) is 0 Å². The number of aliphatic hydroxyl groups excluding tert-OH is 1. The molecular formula is C16H17BrN4O. The highest BCUT2D eigenvalue weighted by Crippen LogP contribution is 2.25. The second kappa shape index (κ2) is 6.46. The van der Waals surface area contributed by atoms with Crippen molar-refractivity contribution in [1.82, 2.24) is 14.4 Å². The number of rotatable bonds is 5. The maximum absolute atomic E-state index is 8.90. The largest absolute Gasteiger partial charge is 0.396 e. The second-order valence-corrected chi connectivity index (χ2v) is 5.93. The lowest BCUT2D eigenvalue weighted by Gasteiger charge is -2.08. The molecule has 2 N–H and O–H groups in total. The molecule has 6 heteroatoms. The minimum Gasteiger partial charge on any atom is -0.396 e. The first-order valence-corrected chi connectivity index (χ1v) is 7.93. The molecular weight excluding hydrogens is 344 g/mol. The van der Waals surface area contributed by atoms with E-state index in [1.807, 2.05) is 16.8 Å². The Balaban J connectivity index is 2.04. The van der Waals surface area contributed by atoms with Crippen molar-refractivity contribution in [3.05, 3.63) is 46.8 Å². The number of nitrogens with one attached hydrogen (secondary N) is 1. The Bertz CT molecular complexity index is 783. The van der Waals surface area contributed by atoms with Gasteiger partial charge in [0.15, 0.2) is 11.5 Å². The Morgan fingerprint density at radius 3 is 2.77 bits per heavy atom. The SMILES string of the molecule is Cc1ccc(-c2cnc3c(NCCCO)nc(Br)cn23)cc1. The Morgan fingerprint density at radius 2 is 2.05 bits per heavy atom. The molecule has 0 spiro atoms. The number of hydrogen-bond acceptors (Lipinski definition) is 4. The van der Waals surface area contributed by atoms with Gasteiger partial charge in [-0.15, -0.1) is 0 Å². The summed E-state index contributed by atoms with van der Waals surface area (Å²) in [6.45, 7) is 2.88. The summed E-state index contributed by atoms with van der Waals surface area (Å²) >= 11 is 3.45. The molecule has 0 aliphatic carbocycles. The molecule has 3 rings (SSSR count). The van der Waals surface area contributed by atoms with Crippen molar-refractivity contribution in [1.29, 1.82) is 0 Å². The molecule has 2 aromatic heterocycles. The van der Waals surface area contributed by atoms with Gasteiger partial charge in [-0.2, -0.15) is 0 Å². The van der Waals surface area contributed by atoms with Gasteiger partial charge in [-0.25, -0.2) is 9.97 Å². The van der Waals surface area contributed by atoms with Crippen molar-refractivity contribution < 1.29 is 5.11 Å². The zero-order valence-electron chi connectivity index (χ0n) is 12.3. The maximum Gasteiger partial charge on any atom is 0.180 e. The lowest BCUT2D eigenvalue weighted by atomic mass is 10.1. The highest BCUT2D eigenvalue weighted by atomic mass is 79.9. The van der Waals surface area contributed by atoms with E-state index in [0.29, 0.717) is 18.8 Å². The van der Waals surface area contributed by atoms with Gasteiger partial charge in [0.2, 0.25) is 0 Å². The molecule has 0 unspecified atom stereocenters. The second-order valence-electron chi connectivity index (χ2n) is 5.12. The van der Waals surface area contributed by atoms with Crippen LogP contribution in [0, 0.1) is 6.92 Å². The van der Waals surface area contributed by atoms with Crippen molar-refractivity contribution in [2.24, 2.45) is 0 Å². The van der Waals surface area contributed by atoms with Crippen molar-refractivity contribution in [3.63, 3.8) is 0 Å². The molecule has 0 bridgehead atoms. The molecule has 0 fully saturated rings. The Kier molecular flexibility index (Phi) is 4.40. The third-order valence-electron chi connectivity index (χ3n) is 3.44. The number of aliphatic hydroxyl groups is 1. The van der Waals surface area contributed by atoms with Gasteiger partial charge in [0.25, 0.3) is 0 Å². The predicted octanol–water partition coefficient (Wildman–Crippen LogP) is 3.26. The quantitative estimate of drug-likeness (QED) is 0.685. The van der Waals surface area contributed by atoms with Crippen LogP contribution in [-0.2, 0) is 0 Å². The molecule has 114 valence electrons. The maximum atomic E-state index is 8.90. The molecule has 0 aliphatic rings. The Morgan fingerprint density at radius 1 is 1.27 bits per heavy atom. The van der Waals surface area contributed by atoms with Gasteiger partial charge in [-0.1, -0.05) is 29.8 Å². The van der Waals surface area contributed by atoms with Crippen LogP contribution >= 0.6 is 15.9 Å². The number of benzene rings is 1. The van der Waals surface area contributed by atoms with Crippen LogP contribution in [0.2, 0.25) is 0 Å². The van der Waals surface area contributed by atoms with Crippen molar-refractivity contribution in [3.8, 4) is 11.3 Å². The molecule has 0 atom stereocenters. The first-order valence-electron chi connectivity index (χ1n) is 7.14. The van der Waals surface area contributed by atoms with Crippen LogP contribution in [0.15, 0.2) is 41.3 Å². The summed E-state index contributed by atoms with van der Waals surface area (Å²) in [5.41, 5.74) is 4.13. The fourth-order valence-corrected chi connectivity index (χ4v) is 2.68. The fraction of sp³-hybridized carbons (Fsp3) is 0.250. The average molecular weight is 361 g/mol. The van der Waals surface area contributed by atoms with Gasteiger partial charge in [-0.05, 0) is 29.3 Å². The first-order chi connectivity index (χ1) is 10.7. The molecule has 3 aromatic rings. The molecule has 1 aromatic carbocycles. The smallest absolute Gasteiger partial charge is 0.180 e. The number of halogens is 1. The molecule has 5 nitrogen and oxygen atoms in total. The van der Waals surface area contributed by atoms with E-state index in [4.69, 9.17) is 5.11 Å². The third-order valence-corrected chi connectivity index (χ3v) is 3.82. The van der Waals surface area contributed by atoms with Gasteiger partial charge >= 0.3 is 0 Å². The standard InChI is InChI=1S/C16H17BrN4O/c1-11-3-5-12(6-4-11)13-9-19-16-15(18-7-2-8-22)20-14(17)10-21(13)16/h3-6,9-10,22H,2,7-8H2,1H3,(H,18,20). The summed E-state index contributed by atoms with van der Waals surface area (Å²) in [6, 6.07) is 8.36. The highest BCUT2D eigenvalue weighted by Gasteiger charge is 2.11. The van der Waals surface area contributed by atoms with Crippen LogP contribution in [0.1, 0.15) is 12.0 Å². The van der Waals surface area contributed by atoms with Crippen molar-refractivity contribution in [2.75, 3.05) is 18.5 Å². The molecule has 22 heavy (non-hydrogen) atoms. The van der Waals surface area contributed by atoms with Gasteiger partial charge in [0.1, 0.15) is 4.60 Å². The third kappa shape index (κ3) is 2.98. The monoisotopic (exact) mass is 360 g/mol. The van der Waals surface area contributed by atoms with E-state index in [2.05, 4.69) is 62.4 Å². The Hall–Kier alpha value is -1.92. The summed E-state index contributed by atoms with van der Waals surface area (Å²) in [5, 5.41) is 12.1. The fourth-order valence-electron chi connectivity index (χ4n) is 2.30. The molecule has 2 heterocycles. The number of imidazole rings is 1. The Labute approximate surface area is 137 Å². The zero-order chi connectivity index (χ0) is 15.5. The number of hydrogen-bond donors (Lipinski definition) is 2. The summed E-state index contributed by atoms with van der Waals surface area (Å²) in [7, 11) is 0. The van der Waals surface area contributed by atoms with Crippen LogP contribution in [0.5, 0.6) is 0 Å². The topological polar surface area (TPSA) is 62.5 Å².